The van der Waals surface area contributed by atoms with Gasteiger partial charge in [-0.1, -0.05) is 23.3 Å². The first-order valence-corrected chi connectivity index (χ1v) is 7.31. The molecule has 1 aromatic carbocycles. The highest BCUT2D eigenvalue weighted by Gasteiger charge is 2.17. The van der Waals surface area contributed by atoms with Gasteiger partial charge in [0.05, 0.1) is 0 Å². The molecular formula is C16H17N5O2. The van der Waals surface area contributed by atoms with E-state index >= 15 is 0 Å². The van der Waals surface area contributed by atoms with Crippen LogP contribution in [0.3, 0.4) is 0 Å². The summed E-state index contributed by atoms with van der Waals surface area (Å²) in [7, 11) is 0. The predicted octanol–water partition coefficient (Wildman–Crippen LogP) is 3.07. The van der Waals surface area contributed by atoms with Crippen molar-refractivity contribution >= 4 is 11.9 Å². The number of carbonyl (C=O) groups excluding carboxylic acids is 1. The molecule has 0 atom stereocenters. The van der Waals surface area contributed by atoms with Gasteiger partial charge in [0.2, 0.25) is 5.89 Å². The number of amides is 1. The topological polar surface area (TPSA) is 85.8 Å². The van der Waals surface area contributed by atoms with Crippen LogP contribution in [0.25, 0.3) is 11.5 Å². The maximum absolute atomic E-state index is 12.2. The third-order valence-corrected chi connectivity index (χ3v) is 3.31. The van der Waals surface area contributed by atoms with E-state index in [1.165, 1.54) is 0 Å². The van der Waals surface area contributed by atoms with Crippen LogP contribution in [0.4, 0.5) is 6.01 Å². The van der Waals surface area contributed by atoms with Gasteiger partial charge in [0.25, 0.3) is 5.91 Å². The van der Waals surface area contributed by atoms with E-state index in [1.807, 2.05) is 51.1 Å². The summed E-state index contributed by atoms with van der Waals surface area (Å²) in [6.07, 6.45) is 0. The Labute approximate surface area is 133 Å². The number of nitrogens with one attached hydrogen (secondary N) is 1. The van der Waals surface area contributed by atoms with E-state index in [-0.39, 0.29) is 18.0 Å². The van der Waals surface area contributed by atoms with E-state index < -0.39 is 0 Å². The summed E-state index contributed by atoms with van der Waals surface area (Å²) >= 11 is 0. The van der Waals surface area contributed by atoms with E-state index in [4.69, 9.17) is 4.42 Å². The lowest BCUT2D eigenvalue weighted by Crippen LogP contribution is -2.14. The number of aromatic nitrogens is 4. The molecule has 1 N–H and O–H groups in total. The van der Waals surface area contributed by atoms with Crippen molar-refractivity contribution in [1.29, 1.82) is 0 Å². The van der Waals surface area contributed by atoms with Crippen LogP contribution in [-0.2, 0) is 0 Å². The van der Waals surface area contributed by atoms with Gasteiger partial charge in [0, 0.05) is 17.3 Å². The molecule has 0 aliphatic rings. The maximum Gasteiger partial charge on any atom is 0.322 e. The third-order valence-electron chi connectivity index (χ3n) is 3.31. The van der Waals surface area contributed by atoms with E-state index in [0.717, 1.165) is 11.3 Å². The summed E-state index contributed by atoms with van der Waals surface area (Å²) in [5.74, 6) is -0.0273. The molecule has 2 aromatic heterocycles. The van der Waals surface area contributed by atoms with Crippen molar-refractivity contribution in [3.05, 3.63) is 47.8 Å². The Morgan fingerprint density at radius 3 is 2.61 bits per heavy atom. The number of anilines is 1. The van der Waals surface area contributed by atoms with Crippen LogP contribution in [-0.4, -0.2) is 25.9 Å². The number of nitrogens with zero attached hydrogens (tertiary/aromatic N) is 4. The van der Waals surface area contributed by atoms with E-state index in [2.05, 4.69) is 20.6 Å². The third kappa shape index (κ3) is 3.13. The lowest BCUT2D eigenvalue weighted by molar-refractivity contribution is 0.101. The first-order valence-electron chi connectivity index (χ1n) is 7.31. The van der Waals surface area contributed by atoms with Crippen LogP contribution in [0, 0.1) is 6.92 Å². The first-order chi connectivity index (χ1) is 11.0. The van der Waals surface area contributed by atoms with Crippen molar-refractivity contribution in [3.8, 4) is 11.5 Å². The van der Waals surface area contributed by atoms with Crippen LogP contribution < -0.4 is 5.32 Å². The molecule has 0 fully saturated rings. The molecule has 0 saturated heterocycles. The minimum atomic E-state index is -0.379. The fourth-order valence-corrected chi connectivity index (χ4v) is 2.25. The molecule has 0 radical (unpaired) electrons. The Morgan fingerprint density at radius 1 is 1.22 bits per heavy atom. The zero-order valence-electron chi connectivity index (χ0n) is 13.1. The second-order valence-corrected chi connectivity index (χ2v) is 5.44. The second-order valence-electron chi connectivity index (χ2n) is 5.44. The fraction of sp³-hybridized carbons (Fsp3) is 0.250. The van der Waals surface area contributed by atoms with Crippen LogP contribution in [0.15, 0.2) is 40.8 Å². The summed E-state index contributed by atoms with van der Waals surface area (Å²) in [5, 5.41) is 14.6. The van der Waals surface area contributed by atoms with Gasteiger partial charge in [-0.25, -0.2) is 0 Å². The highest BCUT2D eigenvalue weighted by Crippen LogP contribution is 2.19. The lowest BCUT2D eigenvalue weighted by Gasteiger charge is -2.06. The molecule has 0 aliphatic carbocycles. The van der Waals surface area contributed by atoms with Crippen LogP contribution >= 0.6 is 0 Å². The molecule has 7 nitrogen and oxygen atoms in total. The van der Waals surface area contributed by atoms with Crippen molar-refractivity contribution < 1.29 is 9.21 Å². The summed E-state index contributed by atoms with van der Waals surface area (Å²) in [4.78, 5) is 12.2. The molecule has 2 heterocycles. The van der Waals surface area contributed by atoms with Crippen LogP contribution in [0.2, 0.25) is 0 Å². The Kier molecular flexibility index (Phi) is 3.92. The molecular weight excluding hydrogens is 294 g/mol. The fourth-order valence-electron chi connectivity index (χ4n) is 2.25. The minimum absolute atomic E-state index is 0.0469. The normalized spacial score (nSPS) is 11.0. The Morgan fingerprint density at radius 2 is 1.96 bits per heavy atom. The van der Waals surface area contributed by atoms with Crippen molar-refractivity contribution in [2.24, 2.45) is 0 Å². The number of aryl methyl sites for hydroxylation is 1. The number of rotatable bonds is 4. The predicted molar refractivity (Wildman–Crippen MR) is 85.0 cm³/mol. The van der Waals surface area contributed by atoms with E-state index in [1.54, 1.807) is 10.7 Å². The second kappa shape index (κ2) is 6.04. The van der Waals surface area contributed by atoms with Gasteiger partial charge in [0.15, 0.2) is 5.69 Å². The van der Waals surface area contributed by atoms with Crippen LogP contribution in [0.1, 0.15) is 36.1 Å². The Hall–Kier alpha value is -2.96. The average molecular weight is 311 g/mol. The standard InChI is InChI=1S/C16H17N5O2/c1-10(2)21-11(3)9-13(20-21)14(22)17-16-19-18-15(23-16)12-7-5-4-6-8-12/h4-10H,1-3H3,(H,17,19,22). The summed E-state index contributed by atoms with van der Waals surface area (Å²) in [6.45, 7) is 5.92. The number of benzene rings is 1. The molecule has 0 spiro atoms. The van der Waals surface area contributed by atoms with E-state index in [9.17, 15) is 4.79 Å². The zero-order valence-corrected chi connectivity index (χ0v) is 13.1. The summed E-state index contributed by atoms with van der Waals surface area (Å²) in [5.41, 5.74) is 2.02. The molecule has 0 unspecified atom stereocenters. The number of hydrogen-bond donors (Lipinski definition) is 1. The summed E-state index contributed by atoms with van der Waals surface area (Å²) in [6, 6.07) is 11.3. The number of hydrogen-bond acceptors (Lipinski definition) is 5. The number of carbonyl (C=O) groups is 1. The Bertz CT molecular complexity index is 820. The van der Waals surface area contributed by atoms with Gasteiger partial charge >= 0.3 is 6.01 Å². The molecule has 23 heavy (non-hydrogen) atoms. The SMILES string of the molecule is Cc1cc(C(=O)Nc2nnc(-c3ccccc3)o2)nn1C(C)C. The minimum Gasteiger partial charge on any atom is -0.403 e. The molecule has 0 aliphatic heterocycles. The molecule has 1 amide bonds. The van der Waals surface area contributed by atoms with Gasteiger partial charge in [0.1, 0.15) is 0 Å². The average Bonchev–Trinajstić information content (AvgIpc) is 3.15. The van der Waals surface area contributed by atoms with E-state index in [0.29, 0.717) is 11.6 Å². The van der Waals surface area contributed by atoms with Crippen molar-refractivity contribution in [2.75, 3.05) is 5.32 Å². The van der Waals surface area contributed by atoms with Crippen molar-refractivity contribution in [2.45, 2.75) is 26.8 Å². The molecule has 0 bridgehead atoms. The van der Waals surface area contributed by atoms with Gasteiger partial charge in [-0.2, -0.15) is 5.10 Å². The van der Waals surface area contributed by atoms with Gasteiger partial charge in [-0.05, 0) is 39.0 Å². The molecule has 118 valence electrons. The molecule has 3 aromatic rings. The highest BCUT2D eigenvalue weighted by atomic mass is 16.4. The van der Waals surface area contributed by atoms with Gasteiger partial charge in [-0.15, -0.1) is 5.10 Å². The van der Waals surface area contributed by atoms with Crippen molar-refractivity contribution in [1.82, 2.24) is 20.0 Å². The lowest BCUT2D eigenvalue weighted by atomic mass is 10.2. The van der Waals surface area contributed by atoms with Gasteiger partial charge < -0.3 is 4.42 Å². The summed E-state index contributed by atoms with van der Waals surface area (Å²) < 4.78 is 7.25. The first kappa shape index (κ1) is 15.0. The molecule has 7 heteroatoms. The molecule has 0 saturated carbocycles. The van der Waals surface area contributed by atoms with Crippen molar-refractivity contribution in [3.63, 3.8) is 0 Å². The molecule has 3 rings (SSSR count). The van der Waals surface area contributed by atoms with Crippen LogP contribution in [0.5, 0.6) is 0 Å². The Balaban J connectivity index is 1.76. The maximum atomic E-state index is 12.2. The highest BCUT2D eigenvalue weighted by molar-refractivity contribution is 6.01. The monoisotopic (exact) mass is 311 g/mol. The zero-order chi connectivity index (χ0) is 16.4. The van der Waals surface area contributed by atoms with Gasteiger partial charge in [-0.3, -0.25) is 14.8 Å². The largest absolute Gasteiger partial charge is 0.403 e. The smallest absolute Gasteiger partial charge is 0.322 e. The quantitative estimate of drug-likeness (QED) is 0.800.